The van der Waals surface area contributed by atoms with E-state index in [1.165, 1.54) is 58.3 Å². The lowest BCUT2D eigenvalue weighted by molar-refractivity contribution is 0.226. The summed E-state index contributed by atoms with van der Waals surface area (Å²) in [7, 11) is 0. The highest BCUT2D eigenvalue weighted by Gasteiger charge is 2.09. The summed E-state index contributed by atoms with van der Waals surface area (Å²) >= 11 is 0. The third-order valence-corrected chi connectivity index (χ3v) is 3.09. The molecule has 0 amide bonds. The van der Waals surface area contributed by atoms with Crippen LogP contribution >= 0.6 is 0 Å². The molecule has 0 bridgehead atoms. The maximum Gasteiger partial charge on any atom is 0.0107 e. The maximum atomic E-state index is 3.59. The molecule has 0 aliphatic carbocycles. The van der Waals surface area contributed by atoms with E-state index in [-0.39, 0.29) is 0 Å². The topological polar surface area (TPSA) is 15.3 Å². The van der Waals surface area contributed by atoms with Crippen molar-refractivity contribution in [3.8, 4) is 0 Å². The zero-order valence-electron chi connectivity index (χ0n) is 9.89. The van der Waals surface area contributed by atoms with Crippen molar-refractivity contribution in [1.82, 2.24) is 10.2 Å². The van der Waals surface area contributed by atoms with E-state index in [4.69, 9.17) is 0 Å². The number of nitrogens with one attached hydrogen (secondary N) is 1. The minimum Gasteiger partial charge on any atom is -0.313 e. The van der Waals surface area contributed by atoms with Crippen molar-refractivity contribution >= 4 is 0 Å². The summed E-state index contributed by atoms with van der Waals surface area (Å²) in [6, 6.07) is 0.699. The average Bonchev–Trinajstić information content (AvgIpc) is 2.20. The third kappa shape index (κ3) is 4.97. The normalized spacial score (nSPS) is 21.0. The van der Waals surface area contributed by atoms with Crippen LogP contribution in [0.1, 0.15) is 46.0 Å². The molecule has 0 aromatic rings. The summed E-state index contributed by atoms with van der Waals surface area (Å²) in [6.07, 6.45) is 6.85. The quantitative estimate of drug-likeness (QED) is 0.704. The van der Waals surface area contributed by atoms with Gasteiger partial charge in [0.1, 0.15) is 0 Å². The van der Waals surface area contributed by atoms with Crippen LogP contribution in [0, 0.1) is 0 Å². The van der Waals surface area contributed by atoms with Crippen LogP contribution in [0.5, 0.6) is 0 Å². The van der Waals surface area contributed by atoms with Gasteiger partial charge in [-0.3, -0.25) is 0 Å². The molecule has 14 heavy (non-hydrogen) atoms. The Labute approximate surface area is 89.1 Å². The van der Waals surface area contributed by atoms with Gasteiger partial charge < -0.3 is 10.2 Å². The van der Waals surface area contributed by atoms with Crippen LogP contribution in [0.3, 0.4) is 0 Å². The molecule has 2 nitrogen and oxygen atoms in total. The Hall–Kier alpha value is -0.0800. The Balaban J connectivity index is 1.96. The molecule has 1 rings (SSSR count). The summed E-state index contributed by atoms with van der Waals surface area (Å²) in [5, 5.41) is 3.59. The van der Waals surface area contributed by atoms with Gasteiger partial charge in [-0.15, -0.1) is 0 Å². The first kappa shape index (κ1) is 12.0. The second-order valence-corrected chi connectivity index (χ2v) is 4.55. The van der Waals surface area contributed by atoms with Gasteiger partial charge in [0.05, 0.1) is 0 Å². The van der Waals surface area contributed by atoms with Crippen molar-refractivity contribution in [3.63, 3.8) is 0 Å². The van der Waals surface area contributed by atoms with Crippen LogP contribution in [0.2, 0.25) is 0 Å². The molecule has 0 saturated carbocycles. The predicted octanol–water partition coefficient (Wildman–Crippen LogP) is 2.25. The fraction of sp³-hybridized carbons (Fsp3) is 1.00. The van der Waals surface area contributed by atoms with Gasteiger partial charge in [0.25, 0.3) is 0 Å². The third-order valence-electron chi connectivity index (χ3n) is 3.09. The number of hydrogen-bond acceptors (Lipinski definition) is 2. The van der Waals surface area contributed by atoms with Gasteiger partial charge in [-0.25, -0.2) is 0 Å². The lowest BCUT2D eigenvalue weighted by atomic mass is 10.1. The molecule has 84 valence electrons. The number of piperidine rings is 1. The zero-order chi connectivity index (χ0) is 10.2. The van der Waals surface area contributed by atoms with Crippen LogP contribution in [0.25, 0.3) is 0 Å². The smallest absolute Gasteiger partial charge is 0.0107 e. The summed E-state index contributed by atoms with van der Waals surface area (Å²) in [6.45, 7) is 9.60. The van der Waals surface area contributed by atoms with Crippen molar-refractivity contribution in [2.45, 2.75) is 52.0 Å². The molecule has 1 atom stereocenters. The number of hydrogen-bond donors (Lipinski definition) is 1. The van der Waals surface area contributed by atoms with Crippen molar-refractivity contribution in [1.29, 1.82) is 0 Å². The van der Waals surface area contributed by atoms with E-state index >= 15 is 0 Å². The van der Waals surface area contributed by atoms with Gasteiger partial charge in [-0.1, -0.05) is 19.8 Å². The van der Waals surface area contributed by atoms with Crippen molar-refractivity contribution in [2.24, 2.45) is 0 Å². The van der Waals surface area contributed by atoms with Crippen LogP contribution < -0.4 is 5.32 Å². The fourth-order valence-electron chi connectivity index (χ4n) is 2.19. The highest BCUT2D eigenvalue weighted by atomic mass is 15.1. The SMILES string of the molecule is CCC[C@H](C)NCCN1CCCCC1. The van der Waals surface area contributed by atoms with Gasteiger partial charge in [0.2, 0.25) is 0 Å². The summed E-state index contributed by atoms with van der Waals surface area (Å²) in [4.78, 5) is 2.59. The van der Waals surface area contributed by atoms with Gasteiger partial charge in [0.15, 0.2) is 0 Å². The second kappa shape index (κ2) is 7.24. The molecular formula is C12H26N2. The molecule has 1 fully saturated rings. The van der Waals surface area contributed by atoms with E-state index in [2.05, 4.69) is 24.1 Å². The average molecular weight is 198 g/mol. The molecule has 1 saturated heterocycles. The van der Waals surface area contributed by atoms with Crippen molar-refractivity contribution in [3.05, 3.63) is 0 Å². The van der Waals surface area contributed by atoms with Crippen LogP contribution in [-0.4, -0.2) is 37.1 Å². The Morgan fingerprint density at radius 2 is 1.93 bits per heavy atom. The lowest BCUT2D eigenvalue weighted by Crippen LogP contribution is -2.38. The minimum atomic E-state index is 0.699. The van der Waals surface area contributed by atoms with Gasteiger partial charge in [-0.05, 0) is 39.3 Å². The van der Waals surface area contributed by atoms with Crippen LogP contribution in [-0.2, 0) is 0 Å². The molecule has 0 aromatic heterocycles. The maximum absolute atomic E-state index is 3.59. The van der Waals surface area contributed by atoms with E-state index in [9.17, 15) is 0 Å². The first-order valence-corrected chi connectivity index (χ1v) is 6.28. The largest absolute Gasteiger partial charge is 0.313 e. The Morgan fingerprint density at radius 3 is 2.57 bits per heavy atom. The van der Waals surface area contributed by atoms with Crippen LogP contribution in [0.15, 0.2) is 0 Å². The van der Waals surface area contributed by atoms with E-state index in [0.717, 1.165) is 0 Å². The second-order valence-electron chi connectivity index (χ2n) is 4.55. The molecule has 0 aromatic carbocycles. The zero-order valence-corrected chi connectivity index (χ0v) is 9.89. The van der Waals surface area contributed by atoms with E-state index in [1.807, 2.05) is 0 Å². The first-order valence-electron chi connectivity index (χ1n) is 6.28. The molecule has 0 radical (unpaired) electrons. The first-order chi connectivity index (χ1) is 6.83. The summed E-state index contributed by atoms with van der Waals surface area (Å²) < 4.78 is 0. The Bertz CT molecular complexity index is 130. The highest BCUT2D eigenvalue weighted by molar-refractivity contribution is 4.67. The molecule has 1 heterocycles. The van der Waals surface area contributed by atoms with E-state index in [1.54, 1.807) is 0 Å². The van der Waals surface area contributed by atoms with Crippen LogP contribution in [0.4, 0.5) is 0 Å². The standard InChI is InChI=1S/C12H26N2/c1-3-7-12(2)13-8-11-14-9-5-4-6-10-14/h12-13H,3-11H2,1-2H3/t12-/m0/s1. The Morgan fingerprint density at radius 1 is 1.21 bits per heavy atom. The molecule has 1 N–H and O–H groups in total. The van der Waals surface area contributed by atoms with E-state index in [0.29, 0.717) is 6.04 Å². The molecule has 1 aliphatic rings. The lowest BCUT2D eigenvalue weighted by Gasteiger charge is -2.27. The molecular weight excluding hydrogens is 172 g/mol. The van der Waals surface area contributed by atoms with Crippen molar-refractivity contribution < 1.29 is 0 Å². The Kier molecular flexibility index (Phi) is 6.20. The minimum absolute atomic E-state index is 0.699. The molecule has 1 aliphatic heterocycles. The number of likely N-dealkylation sites (tertiary alicyclic amines) is 1. The predicted molar refractivity (Wildman–Crippen MR) is 62.7 cm³/mol. The van der Waals surface area contributed by atoms with Crippen molar-refractivity contribution in [2.75, 3.05) is 26.2 Å². The van der Waals surface area contributed by atoms with Gasteiger partial charge in [0, 0.05) is 19.1 Å². The number of nitrogens with zero attached hydrogens (tertiary/aromatic N) is 1. The summed E-state index contributed by atoms with van der Waals surface area (Å²) in [5.41, 5.74) is 0. The monoisotopic (exact) mass is 198 g/mol. The van der Waals surface area contributed by atoms with E-state index < -0.39 is 0 Å². The fourth-order valence-corrected chi connectivity index (χ4v) is 2.19. The van der Waals surface area contributed by atoms with Gasteiger partial charge in [-0.2, -0.15) is 0 Å². The highest BCUT2D eigenvalue weighted by Crippen LogP contribution is 2.07. The molecule has 0 spiro atoms. The number of rotatable bonds is 6. The summed E-state index contributed by atoms with van der Waals surface area (Å²) in [5.74, 6) is 0. The van der Waals surface area contributed by atoms with Gasteiger partial charge >= 0.3 is 0 Å². The molecule has 0 unspecified atom stereocenters. The molecule has 2 heteroatoms.